The SMILES string of the molecule is Nc1ccc2[nH]c(-c3ncccc3Br)nc2n1. The first kappa shape index (κ1) is 10.2. The Hall–Kier alpha value is -1.95. The molecule has 0 aliphatic carbocycles. The third-order valence-corrected chi connectivity index (χ3v) is 2.99. The molecule has 0 amide bonds. The summed E-state index contributed by atoms with van der Waals surface area (Å²) < 4.78 is 0.882. The van der Waals surface area contributed by atoms with Crippen molar-refractivity contribution >= 4 is 32.9 Å². The molecule has 3 aromatic heterocycles. The van der Waals surface area contributed by atoms with Gasteiger partial charge < -0.3 is 10.7 Å². The minimum atomic E-state index is 0.454. The number of aromatic amines is 1. The van der Waals surface area contributed by atoms with E-state index in [1.807, 2.05) is 18.2 Å². The second kappa shape index (κ2) is 3.81. The summed E-state index contributed by atoms with van der Waals surface area (Å²) in [6.45, 7) is 0. The Bertz CT molecular complexity index is 691. The number of nitrogen functional groups attached to an aromatic ring is 1. The number of anilines is 1. The lowest BCUT2D eigenvalue weighted by Crippen LogP contribution is -1.88. The van der Waals surface area contributed by atoms with Gasteiger partial charge in [-0.25, -0.2) is 9.97 Å². The summed E-state index contributed by atoms with van der Waals surface area (Å²) in [4.78, 5) is 15.9. The molecule has 17 heavy (non-hydrogen) atoms. The van der Waals surface area contributed by atoms with Crippen LogP contribution >= 0.6 is 15.9 Å². The fraction of sp³-hybridized carbons (Fsp3) is 0. The van der Waals surface area contributed by atoms with Gasteiger partial charge in [-0.1, -0.05) is 0 Å². The molecule has 0 spiro atoms. The molecule has 0 saturated heterocycles. The number of pyridine rings is 2. The van der Waals surface area contributed by atoms with E-state index in [4.69, 9.17) is 5.73 Å². The van der Waals surface area contributed by atoms with Gasteiger partial charge in [0.05, 0.1) is 5.52 Å². The minimum absolute atomic E-state index is 0.454. The quantitative estimate of drug-likeness (QED) is 0.721. The van der Waals surface area contributed by atoms with Gasteiger partial charge in [0.15, 0.2) is 11.5 Å². The molecule has 0 atom stereocenters. The largest absolute Gasteiger partial charge is 0.384 e. The molecule has 5 nitrogen and oxygen atoms in total. The number of hydrogen-bond acceptors (Lipinski definition) is 4. The average molecular weight is 290 g/mol. The molecule has 0 saturated carbocycles. The number of fused-ring (bicyclic) bond motifs is 1. The van der Waals surface area contributed by atoms with Crippen molar-refractivity contribution in [3.8, 4) is 11.5 Å². The molecule has 0 aromatic carbocycles. The van der Waals surface area contributed by atoms with E-state index in [1.165, 1.54) is 0 Å². The highest BCUT2D eigenvalue weighted by Crippen LogP contribution is 2.24. The van der Waals surface area contributed by atoms with Gasteiger partial charge >= 0.3 is 0 Å². The molecule has 3 aromatic rings. The van der Waals surface area contributed by atoms with E-state index in [0.29, 0.717) is 17.3 Å². The maximum atomic E-state index is 5.61. The Kier molecular flexibility index (Phi) is 2.29. The summed E-state index contributed by atoms with van der Waals surface area (Å²) in [5.74, 6) is 1.13. The molecule has 6 heteroatoms. The Morgan fingerprint density at radius 3 is 2.88 bits per heavy atom. The second-order valence-corrected chi connectivity index (χ2v) is 4.38. The molecule has 0 unspecified atom stereocenters. The van der Waals surface area contributed by atoms with E-state index in [0.717, 1.165) is 15.7 Å². The molecule has 0 aliphatic heterocycles. The zero-order valence-electron chi connectivity index (χ0n) is 8.68. The third-order valence-electron chi connectivity index (χ3n) is 2.35. The summed E-state index contributed by atoms with van der Waals surface area (Å²) in [6.07, 6.45) is 1.72. The van der Waals surface area contributed by atoms with Crippen molar-refractivity contribution in [3.05, 3.63) is 34.9 Å². The molecule has 0 fully saturated rings. The lowest BCUT2D eigenvalue weighted by Gasteiger charge is -1.97. The first-order valence-corrected chi connectivity index (χ1v) is 5.76. The van der Waals surface area contributed by atoms with Crippen LogP contribution in [0.25, 0.3) is 22.7 Å². The van der Waals surface area contributed by atoms with Crippen LogP contribution in [0.2, 0.25) is 0 Å². The molecule has 0 aliphatic rings. The van der Waals surface area contributed by atoms with Crippen molar-refractivity contribution in [1.82, 2.24) is 19.9 Å². The molecule has 3 heterocycles. The summed E-state index contributed by atoms with van der Waals surface area (Å²) >= 11 is 3.44. The van der Waals surface area contributed by atoms with E-state index in [1.54, 1.807) is 12.3 Å². The van der Waals surface area contributed by atoms with Crippen LogP contribution in [0, 0.1) is 0 Å². The molecular formula is C11H8BrN5. The highest BCUT2D eigenvalue weighted by molar-refractivity contribution is 9.10. The van der Waals surface area contributed by atoms with Gasteiger partial charge in [0.1, 0.15) is 11.5 Å². The smallest absolute Gasteiger partial charge is 0.180 e. The molecule has 84 valence electrons. The summed E-state index contributed by atoms with van der Waals surface area (Å²) in [6, 6.07) is 7.35. The predicted molar refractivity (Wildman–Crippen MR) is 69.2 cm³/mol. The van der Waals surface area contributed by atoms with Crippen LogP contribution in [-0.4, -0.2) is 19.9 Å². The number of imidazole rings is 1. The van der Waals surface area contributed by atoms with Gasteiger partial charge in [0.25, 0.3) is 0 Å². The number of halogens is 1. The third kappa shape index (κ3) is 1.76. The molecule has 3 rings (SSSR count). The number of nitrogens with one attached hydrogen (secondary N) is 1. The summed E-state index contributed by atoms with van der Waals surface area (Å²) in [5, 5.41) is 0. The standard InChI is InChI=1S/C11H8BrN5/c12-6-2-1-5-14-9(6)11-15-7-3-4-8(13)16-10(7)17-11/h1-5H,(H3,13,15,16,17). The second-order valence-electron chi connectivity index (χ2n) is 3.53. The van der Waals surface area contributed by atoms with Crippen LogP contribution in [0.1, 0.15) is 0 Å². The topological polar surface area (TPSA) is 80.5 Å². The van der Waals surface area contributed by atoms with Crippen molar-refractivity contribution in [2.75, 3.05) is 5.73 Å². The van der Waals surface area contributed by atoms with Crippen molar-refractivity contribution in [2.24, 2.45) is 0 Å². The predicted octanol–water partition coefficient (Wildman–Crippen LogP) is 2.36. The number of rotatable bonds is 1. The molecule has 3 N–H and O–H groups in total. The van der Waals surface area contributed by atoms with Crippen LogP contribution in [0.4, 0.5) is 5.82 Å². The van der Waals surface area contributed by atoms with Crippen LogP contribution in [0.5, 0.6) is 0 Å². The number of nitrogens with two attached hydrogens (primary N) is 1. The van der Waals surface area contributed by atoms with Gasteiger partial charge in [0, 0.05) is 10.7 Å². The minimum Gasteiger partial charge on any atom is -0.384 e. The van der Waals surface area contributed by atoms with Crippen LogP contribution in [0.15, 0.2) is 34.9 Å². The molecular weight excluding hydrogens is 282 g/mol. The number of aromatic nitrogens is 4. The highest BCUT2D eigenvalue weighted by Gasteiger charge is 2.10. The fourth-order valence-electron chi connectivity index (χ4n) is 1.58. The van der Waals surface area contributed by atoms with Gasteiger partial charge in [0.2, 0.25) is 0 Å². The van der Waals surface area contributed by atoms with Crippen LogP contribution in [-0.2, 0) is 0 Å². The lowest BCUT2D eigenvalue weighted by molar-refractivity contribution is 1.22. The molecule has 0 bridgehead atoms. The van der Waals surface area contributed by atoms with E-state index in [2.05, 4.69) is 35.9 Å². The average Bonchev–Trinajstić information content (AvgIpc) is 2.72. The fourth-order valence-corrected chi connectivity index (χ4v) is 2.02. The first-order chi connectivity index (χ1) is 8.24. The van der Waals surface area contributed by atoms with E-state index in [-0.39, 0.29) is 0 Å². The van der Waals surface area contributed by atoms with Crippen molar-refractivity contribution in [1.29, 1.82) is 0 Å². The van der Waals surface area contributed by atoms with Gasteiger partial charge in [-0.3, -0.25) is 4.98 Å². The number of nitrogens with zero attached hydrogens (tertiary/aromatic N) is 3. The number of H-pyrrole nitrogens is 1. The van der Waals surface area contributed by atoms with Crippen molar-refractivity contribution in [2.45, 2.75) is 0 Å². The summed E-state index contributed by atoms with van der Waals surface area (Å²) in [5.41, 5.74) is 7.80. The van der Waals surface area contributed by atoms with Crippen molar-refractivity contribution in [3.63, 3.8) is 0 Å². The Morgan fingerprint density at radius 1 is 1.18 bits per heavy atom. The maximum Gasteiger partial charge on any atom is 0.180 e. The maximum absolute atomic E-state index is 5.61. The monoisotopic (exact) mass is 289 g/mol. The van der Waals surface area contributed by atoms with Gasteiger partial charge in [-0.15, -0.1) is 0 Å². The highest BCUT2D eigenvalue weighted by atomic mass is 79.9. The Morgan fingerprint density at radius 2 is 2.06 bits per heavy atom. The Labute approximate surface area is 105 Å². The van der Waals surface area contributed by atoms with Gasteiger partial charge in [-0.2, -0.15) is 0 Å². The molecule has 0 radical (unpaired) electrons. The van der Waals surface area contributed by atoms with Crippen molar-refractivity contribution < 1.29 is 0 Å². The normalized spacial score (nSPS) is 10.9. The zero-order valence-corrected chi connectivity index (χ0v) is 10.3. The Balaban J connectivity index is 2.22. The van der Waals surface area contributed by atoms with Gasteiger partial charge in [-0.05, 0) is 40.2 Å². The van der Waals surface area contributed by atoms with E-state index >= 15 is 0 Å². The first-order valence-electron chi connectivity index (χ1n) is 4.97. The van der Waals surface area contributed by atoms with E-state index in [9.17, 15) is 0 Å². The summed E-state index contributed by atoms with van der Waals surface area (Å²) in [7, 11) is 0. The zero-order chi connectivity index (χ0) is 11.8. The van der Waals surface area contributed by atoms with Crippen LogP contribution in [0.3, 0.4) is 0 Å². The van der Waals surface area contributed by atoms with Crippen LogP contribution < -0.4 is 5.73 Å². The lowest BCUT2D eigenvalue weighted by atomic mass is 10.3. The van der Waals surface area contributed by atoms with E-state index < -0.39 is 0 Å². The number of hydrogen-bond donors (Lipinski definition) is 2.